The molecule has 0 aliphatic carbocycles. The Bertz CT molecular complexity index is 289. The molecule has 0 bridgehead atoms. The summed E-state index contributed by atoms with van der Waals surface area (Å²) in [5, 5.41) is 0. The van der Waals surface area contributed by atoms with Crippen LogP contribution in [-0.2, 0) is 13.5 Å². The van der Waals surface area contributed by atoms with E-state index in [-0.39, 0.29) is 0 Å². The largest absolute Gasteiger partial charge is 0.208 e. The van der Waals surface area contributed by atoms with Gasteiger partial charge in [-0.15, -0.1) is 0 Å². The summed E-state index contributed by atoms with van der Waals surface area (Å²) in [7, 11) is 1.25. The molecule has 78 valence electrons. The molecule has 0 N–H and O–H groups in total. The summed E-state index contributed by atoms with van der Waals surface area (Å²) in [5.41, 5.74) is 1.47. The Morgan fingerprint density at radius 3 is 2.57 bits per heavy atom. The van der Waals surface area contributed by atoms with E-state index in [1.54, 1.807) is 0 Å². The van der Waals surface area contributed by atoms with Crippen LogP contribution in [0, 0.1) is 0 Å². The van der Waals surface area contributed by atoms with Crippen LogP contribution in [-0.4, -0.2) is 8.07 Å². The highest BCUT2D eigenvalue weighted by molar-refractivity contribution is 6.76. The average molecular weight is 208 g/mol. The maximum absolute atomic E-state index is 2.44. The van der Waals surface area contributed by atoms with E-state index in [2.05, 4.69) is 55.8 Å². The van der Waals surface area contributed by atoms with Gasteiger partial charge >= 0.3 is 0 Å². The van der Waals surface area contributed by atoms with Gasteiger partial charge in [-0.3, -0.25) is 0 Å². The van der Waals surface area contributed by atoms with Gasteiger partial charge in [-0.05, 0) is 12.5 Å². The normalized spacial score (nSPS) is 11.7. The van der Waals surface area contributed by atoms with Crippen molar-refractivity contribution in [2.45, 2.75) is 38.5 Å². The summed E-state index contributed by atoms with van der Waals surface area (Å²) in [6, 6.07) is 5.79. The Hall–Kier alpha value is -0.633. The minimum atomic E-state index is -0.831. The van der Waals surface area contributed by atoms with Gasteiger partial charge in [0, 0.05) is 19.7 Å². The van der Waals surface area contributed by atoms with Crippen LogP contribution in [0.25, 0.3) is 0 Å². The molecule has 1 nitrogen and oxygen atoms in total. The first-order chi connectivity index (χ1) is 6.47. The Labute approximate surface area is 88.8 Å². The summed E-state index contributed by atoms with van der Waals surface area (Å²) in [4.78, 5) is 0. The maximum Gasteiger partial charge on any atom is 0.171 e. The molecule has 0 aliphatic heterocycles. The molecule has 1 aromatic heterocycles. The third-order valence-electron chi connectivity index (χ3n) is 2.39. The Balaban J connectivity index is 2.39. The topological polar surface area (TPSA) is 3.88 Å². The predicted molar refractivity (Wildman–Crippen MR) is 64.1 cm³/mol. The van der Waals surface area contributed by atoms with Gasteiger partial charge in [0.25, 0.3) is 0 Å². The molecule has 0 saturated heterocycles. The van der Waals surface area contributed by atoms with Crippen molar-refractivity contribution in [2.24, 2.45) is 7.05 Å². The molecule has 0 fully saturated rings. The van der Waals surface area contributed by atoms with E-state index in [1.807, 2.05) is 0 Å². The number of hydrogen-bond donors (Lipinski definition) is 0. The van der Waals surface area contributed by atoms with Crippen LogP contribution in [0.1, 0.15) is 12.0 Å². The van der Waals surface area contributed by atoms with Crippen molar-refractivity contribution in [1.29, 1.82) is 0 Å². The summed E-state index contributed by atoms with van der Waals surface area (Å²) >= 11 is 0. The van der Waals surface area contributed by atoms with Gasteiger partial charge < -0.3 is 0 Å². The van der Waals surface area contributed by atoms with E-state index >= 15 is 0 Å². The van der Waals surface area contributed by atoms with Crippen LogP contribution >= 0.6 is 0 Å². The highest BCUT2D eigenvalue weighted by Crippen LogP contribution is 2.13. The summed E-state index contributed by atoms with van der Waals surface area (Å²) in [6.45, 7) is 7.33. The van der Waals surface area contributed by atoms with Crippen LogP contribution in [0.4, 0.5) is 0 Å². The second kappa shape index (κ2) is 4.74. The number of pyridine rings is 1. The minimum absolute atomic E-state index is 0.831. The lowest BCUT2D eigenvalue weighted by Gasteiger charge is -2.14. The fraction of sp³-hybridized carbons (Fsp3) is 0.583. The Morgan fingerprint density at radius 2 is 2.00 bits per heavy atom. The highest BCUT2D eigenvalue weighted by Gasteiger charge is 2.12. The molecule has 1 rings (SSSR count). The highest BCUT2D eigenvalue weighted by atomic mass is 28.3. The Morgan fingerprint density at radius 1 is 1.29 bits per heavy atom. The van der Waals surface area contributed by atoms with E-state index < -0.39 is 8.07 Å². The molecule has 0 saturated carbocycles. The molecule has 2 heteroatoms. The van der Waals surface area contributed by atoms with Crippen molar-refractivity contribution in [3.63, 3.8) is 0 Å². The molecule has 1 aromatic rings. The summed E-state index contributed by atoms with van der Waals surface area (Å²) in [6.07, 6.45) is 6.89. The SMILES string of the molecule is C[n+]1cccc(CCC[Si](C)(C)C)c1. The molecule has 0 atom stereocenters. The third kappa shape index (κ3) is 4.56. The fourth-order valence-corrected chi connectivity index (χ4v) is 2.86. The van der Waals surface area contributed by atoms with Crippen LogP contribution in [0.5, 0.6) is 0 Å². The van der Waals surface area contributed by atoms with E-state index in [1.165, 1.54) is 24.4 Å². The lowest BCUT2D eigenvalue weighted by atomic mass is 10.2. The first-order valence-electron chi connectivity index (χ1n) is 5.41. The number of aromatic nitrogens is 1. The number of nitrogens with zero attached hydrogens (tertiary/aromatic N) is 1. The first-order valence-corrected chi connectivity index (χ1v) is 9.12. The zero-order valence-electron chi connectivity index (χ0n) is 9.88. The average Bonchev–Trinajstić information content (AvgIpc) is 2.01. The molecule has 14 heavy (non-hydrogen) atoms. The van der Waals surface area contributed by atoms with Crippen molar-refractivity contribution in [2.75, 3.05) is 0 Å². The monoisotopic (exact) mass is 208 g/mol. The molecule has 1 heterocycles. The van der Waals surface area contributed by atoms with Crippen LogP contribution in [0.2, 0.25) is 25.7 Å². The van der Waals surface area contributed by atoms with Gasteiger partial charge in [-0.25, -0.2) is 4.57 Å². The molecular weight excluding hydrogens is 186 g/mol. The van der Waals surface area contributed by atoms with Gasteiger partial charge in [0.1, 0.15) is 7.05 Å². The standard InChI is InChI=1S/C12H22NSi/c1-13-9-5-7-12(11-13)8-6-10-14(2,3)4/h5,7,9,11H,6,8,10H2,1-4H3/q+1. The molecule has 0 aliphatic rings. The quantitative estimate of drug-likeness (QED) is 0.529. The molecule has 0 amide bonds. The number of hydrogen-bond acceptors (Lipinski definition) is 0. The molecule has 0 spiro atoms. The van der Waals surface area contributed by atoms with Crippen LogP contribution in [0.15, 0.2) is 24.5 Å². The van der Waals surface area contributed by atoms with Gasteiger partial charge in [0.15, 0.2) is 12.4 Å². The predicted octanol–water partition coefficient (Wildman–Crippen LogP) is 2.78. The zero-order valence-corrected chi connectivity index (χ0v) is 10.9. The lowest BCUT2D eigenvalue weighted by Crippen LogP contribution is -2.27. The Kier molecular flexibility index (Phi) is 3.87. The van der Waals surface area contributed by atoms with Crippen molar-refractivity contribution >= 4 is 8.07 Å². The van der Waals surface area contributed by atoms with E-state index in [0.29, 0.717) is 0 Å². The van der Waals surface area contributed by atoms with E-state index in [0.717, 1.165) is 0 Å². The van der Waals surface area contributed by atoms with E-state index in [9.17, 15) is 0 Å². The van der Waals surface area contributed by atoms with Crippen LogP contribution in [0.3, 0.4) is 0 Å². The molecule has 0 aromatic carbocycles. The van der Waals surface area contributed by atoms with Crippen molar-refractivity contribution < 1.29 is 4.57 Å². The van der Waals surface area contributed by atoms with Gasteiger partial charge in [0.05, 0.1) is 0 Å². The third-order valence-corrected chi connectivity index (χ3v) is 4.25. The van der Waals surface area contributed by atoms with Crippen molar-refractivity contribution in [1.82, 2.24) is 0 Å². The molecule has 0 radical (unpaired) electrons. The van der Waals surface area contributed by atoms with Gasteiger partial charge in [-0.1, -0.05) is 32.1 Å². The molecular formula is C12H22NSi+. The van der Waals surface area contributed by atoms with Crippen LogP contribution < -0.4 is 4.57 Å². The van der Waals surface area contributed by atoms with Gasteiger partial charge in [0.2, 0.25) is 0 Å². The van der Waals surface area contributed by atoms with E-state index in [4.69, 9.17) is 0 Å². The molecule has 0 unspecified atom stereocenters. The summed E-state index contributed by atoms with van der Waals surface area (Å²) in [5.74, 6) is 0. The zero-order chi connectivity index (χ0) is 10.6. The number of rotatable bonds is 4. The number of aryl methyl sites for hydroxylation is 2. The second-order valence-electron chi connectivity index (χ2n) is 5.29. The fourth-order valence-electron chi connectivity index (χ4n) is 1.62. The smallest absolute Gasteiger partial charge is 0.171 e. The summed E-state index contributed by atoms with van der Waals surface area (Å²) < 4.78 is 2.13. The van der Waals surface area contributed by atoms with Crippen molar-refractivity contribution in [3.8, 4) is 0 Å². The van der Waals surface area contributed by atoms with Crippen molar-refractivity contribution in [3.05, 3.63) is 30.1 Å². The van der Waals surface area contributed by atoms with Gasteiger partial charge in [-0.2, -0.15) is 0 Å². The lowest BCUT2D eigenvalue weighted by molar-refractivity contribution is -0.671. The second-order valence-corrected chi connectivity index (χ2v) is 10.9. The maximum atomic E-state index is 2.44. The first kappa shape index (κ1) is 11.4. The minimum Gasteiger partial charge on any atom is -0.208 e.